The van der Waals surface area contributed by atoms with Crippen LogP contribution in [0.5, 0.6) is 0 Å². The molecule has 2 aromatic carbocycles. The molecular formula is C14H13NTe. The number of fused-ring (bicyclic) bond motifs is 1. The first-order valence-corrected chi connectivity index (χ1v) is 7.91. The Morgan fingerprint density at radius 2 is 1.62 bits per heavy atom. The van der Waals surface area contributed by atoms with E-state index in [0.29, 0.717) is 4.09 Å². The SMILES string of the molecule is CN1c2ccccc2[Te]C1c1ccccc1. The number of anilines is 1. The third-order valence-corrected chi connectivity index (χ3v) is 6.95. The molecule has 3 rings (SSSR count). The molecule has 1 aliphatic heterocycles. The standard InChI is InChI=1S/C14H13NTe/c1-15-12-9-5-6-10-13(12)16-14(15)11-7-3-2-4-8-11/h2-10,14H,1H3. The van der Waals surface area contributed by atoms with Crippen LogP contribution in [-0.4, -0.2) is 28.0 Å². The third kappa shape index (κ3) is 1.63. The maximum absolute atomic E-state index is 2.44. The van der Waals surface area contributed by atoms with Crippen molar-refractivity contribution >= 4 is 30.2 Å². The molecule has 0 spiro atoms. The number of benzene rings is 2. The van der Waals surface area contributed by atoms with Crippen molar-refractivity contribution in [3.63, 3.8) is 0 Å². The van der Waals surface area contributed by atoms with Crippen molar-refractivity contribution in [1.82, 2.24) is 0 Å². The van der Waals surface area contributed by atoms with Crippen molar-refractivity contribution in [2.75, 3.05) is 11.9 Å². The topological polar surface area (TPSA) is 3.24 Å². The third-order valence-electron chi connectivity index (χ3n) is 2.92. The molecule has 0 aromatic heterocycles. The van der Waals surface area contributed by atoms with Crippen molar-refractivity contribution < 1.29 is 0 Å². The van der Waals surface area contributed by atoms with E-state index in [0.717, 1.165) is 0 Å². The Balaban J connectivity index is 1.99. The molecule has 0 fully saturated rings. The second-order valence-corrected chi connectivity index (χ2v) is 7.16. The summed E-state index contributed by atoms with van der Waals surface area (Å²) in [4.78, 5) is 2.44. The van der Waals surface area contributed by atoms with Crippen molar-refractivity contribution in [2.24, 2.45) is 0 Å². The summed E-state index contributed by atoms with van der Waals surface area (Å²) < 4.78 is 2.22. The van der Waals surface area contributed by atoms with E-state index in [1.54, 1.807) is 3.61 Å². The number of para-hydroxylation sites is 1. The Labute approximate surface area is 106 Å². The van der Waals surface area contributed by atoms with Gasteiger partial charge in [0.05, 0.1) is 0 Å². The van der Waals surface area contributed by atoms with E-state index in [1.165, 1.54) is 11.3 Å². The molecule has 1 atom stereocenters. The molecule has 2 heteroatoms. The minimum absolute atomic E-state index is 0.129. The van der Waals surface area contributed by atoms with Crippen LogP contribution in [0.25, 0.3) is 0 Å². The van der Waals surface area contributed by atoms with E-state index in [4.69, 9.17) is 0 Å². The normalized spacial score (nSPS) is 18.6. The fraction of sp³-hybridized carbons (Fsp3) is 0.143. The van der Waals surface area contributed by atoms with Gasteiger partial charge in [0.25, 0.3) is 0 Å². The average Bonchev–Trinajstić information content (AvgIpc) is 2.69. The van der Waals surface area contributed by atoms with E-state index >= 15 is 0 Å². The number of rotatable bonds is 1. The van der Waals surface area contributed by atoms with E-state index in [9.17, 15) is 0 Å². The fourth-order valence-corrected chi connectivity index (χ4v) is 5.78. The number of nitrogens with zero attached hydrogens (tertiary/aromatic N) is 1. The summed E-state index contributed by atoms with van der Waals surface area (Å²) in [6.45, 7) is 0. The second-order valence-electron chi connectivity index (χ2n) is 3.96. The van der Waals surface area contributed by atoms with Gasteiger partial charge in [-0.3, -0.25) is 0 Å². The Hall–Kier alpha value is -0.970. The van der Waals surface area contributed by atoms with Crippen LogP contribution in [0.3, 0.4) is 0 Å². The number of hydrogen-bond acceptors (Lipinski definition) is 1. The van der Waals surface area contributed by atoms with E-state index in [-0.39, 0.29) is 20.9 Å². The fourth-order valence-electron chi connectivity index (χ4n) is 2.08. The molecule has 0 bridgehead atoms. The van der Waals surface area contributed by atoms with Gasteiger partial charge < -0.3 is 0 Å². The van der Waals surface area contributed by atoms with Crippen molar-refractivity contribution in [3.05, 3.63) is 60.2 Å². The van der Waals surface area contributed by atoms with E-state index in [2.05, 4.69) is 66.5 Å². The molecule has 0 amide bonds. The molecule has 1 unspecified atom stereocenters. The average molecular weight is 323 g/mol. The van der Waals surface area contributed by atoms with Gasteiger partial charge in [-0.1, -0.05) is 0 Å². The van der Waals surface area contributed by atoms with Crippen molar-refractivity contribution in [1.29, 1.82) is 0 Å². The molecule has 1 nitrogen and oxygen atoms in total. The first-order chi connectivity index (χ1) is 7.86. The van der Waals surface area contributed by atoms with Crippen LogP contribution in [0.4, 0.5) is 5.69 Å². The summed E-state index contributed by atoms with van der Waals surface area (Å²) >= 11 is -0.129. The van der Waals surface area contributed by atoms with Gasteiger partial charge in [-0.25, -0.2) is 0 Å². The summed E-state index contributed by atoms with van der Waals surface area (Å²) in [7, 11) is 2.22. The summed E-state index contributed by atoms with van der Waals surface area (Å²) in [5.74, 6) is 0. The van der Waals surface area contributed by atoms with Crippen molar-refractivity contribution in [2.45, 2.75) is 4.09 Å². The first kappa shape index (κ1) is 10.2. The molecule has 0 saturated heterocycles. The van der Waals surface area contributed by atoms with E-state index < -0.39 is 0 Å². The molecule has 0 N–H and O–H groups in total. The van der Waals surface area contributed by atoms with Gasteiger partial charge in [0, 0.05) is 0 Å². The molecule has 16 heavy (non-hydrogen) atoms. The van der Waals surface area contributed by atoms with Gasteiger partial charge in [0.15, 0.2) is 0 Å². The van der Waals surface area contributed by atoms with Crippen LogP contribution in [0.2, 0.25) is 0 Å². The molecule has 0 saturated carbocycles. The van der Waals surface area contributed by atoms with Gasteiger partial charge in [-0.05, 0) is 0 Å². The summed E-state index contributed by atoms with van der Waals surface area (Å²) in [5, 5.41) is 0. The predicted molar refractivity (Wildman–Crippen MR) is 69.4 cm³/mol. The molecule has 0 aliphatic carbocycles. The minimum atomic E-state index is -0.129. The Morgan fingerprint density at radius 1 is 0.938 bits per heavy atom. The molecule has 80 valence electrons. The van der Waals surface area contributed by atoms with E-state index in [1.807, 2.05) is 0 Å². The Morgan fingerprint density at radius 3 is 2.38 bits per heavy atom. The predicted octanol–water partition coefficient (Wildman–Crippen LogP) is 2.16. The second kappa shape index (κ2) is 4.12. The number of hydrogen-bond donors (Lipinski definition) is 0. The van der Waals surface area contributed by atoms with Crippen LogP contribution in [0.1, 0.15) is 9.65 Å². The molecule has 1 aliphatic rings. The molecule has 0 radical (unpaired) electrons. The van der Waals surface area contributed by atoms with Gasteiger partial charge in [0.2, 0.25) is 0 Å². The first-order valence-electron chi connectivity index (χ1n) is 5.40. The summed E-state index contributed by atoms with van der Waals surface area (Å²) in [5.41, 5.74) is 2.89. The molecule has 2 aromatic rings. The van der Waals surface area contributed by atoms with Crippen LogP contribution in [0.15, 0.2) is 54.6 Å². The van der Waals surface area contributed by atoms with Crippen LogP contribution < -0.4 is 8.51 Å². The van der Waals surface area contributed by atoms with Crippen LogP contribution >= 0.6 is 0 Å². The maximum atomic E-state index is 2.44. The zero-order valence-corrected chi connectivity index (χ0v) is 11.5. The zero-order chi connectivity index (χ0) is 11.0. The van der Waals surface area contributed by atoms with Gasteiger partial charge in [0.1, 0.15) is 0 Å². The van der Waals surface area contributed by atoms with Crippen molar-refractivity contribution in [3.8, 4) is 0 Å². The Kier molecular flexibility index (Phi) is 2.63. The van der Waals surface area contributed by atoms with Gasteiger partial charge >= 0.3 is 106 Å². The summed E-state index contributed by atoms with van der Waals surface area (Å²) in [6, 6.07) is 19.7. The molecule has 1 heterocycles. The zero-order valence-electron chi connectivity index (χ0n) is 9.13. The van der Waals surface area contributed by atoms with Crippen LogP contribution in [-0.2, 0) is 0 Å². The molecular weight excluding hydrogens is 310 g/mol. The van der Waals surface area contributed by atoms with Gasteiger partial charge in [-0.2, -0.15) is 0 Å². The summed E-state index contributed by atoms with van der Waals surface area (Å²) in [6.07, 6.45) is 0. The Bertz CT molecular complexity index is 495. The van der Waals surface area contributed by atoms with Gasteiger partial charge in [-0.15, -0.1) is 0 Å². The van der Waals surface area contributed by atoms with Crippen LogP contribution in [0, 0.1) is 0 Å². The monoisotopic (exact) mass is 325 g/mol. The quantitative estimate of drug-likeness (QED) is 0.727.